The van der Waals surface area contributed by atoms with Crippen LogP contribution in [0.15, 0.2) is 273 Å². The number of anilines is 3. The molecule has 0 amide bonds. The van der Waals surface area contributed by atoms with Crippen molar-refractivity contribution in [1.82, 2.24) is 0 Å². The fourth-order valence-electron chi connectivity index (χ4n) is 15.9. The van der Waals surface area contributed by atoms with Crippen molar-refractivity contribution < 1.29 is 0 Å². The summed E-state index contributed by atoms with van der Waals surface area (Å²) in [4.78, 5) is 2.43. The molecule has 0 saturated heterocycles. The van der Waals surface area contributed by atoms with Crippen LogP contribution in [0.25, 0.3) is 33.4 Å². The first-order valence-corrected chi connectivity index (χ1v) is 28.3. The molecule has 0 spiro atoms. The van der Waals surface area contributed by atoms with Crippen LogP contribution in [0, 0.1) is 0 Å². The summed E-state index contributed by atoms with van der Waals surface area (Å²) in [5.41, 5.74) is 36.8. The van der Waals surface area contributed by atoms with Gasteiger partial charge in [0, 0.05) is 52.6 Å². The van der Waals surface area contributed by atoms with Crippen molar-refractivity contribution in [1.29, 1.82) is 0 Å². The maximum atomic E-state index is 2.48. The van der Waals surface area contributed by atoms with Crippen LogP contribution in [-0.2, 0) is 0 Å². The molecule has 0 unspecified atom stereocenters. The topological polar surface area (TPSA) is 3.24 Å². The third kappa shape index (κ3) is 6.16. The maximum absolute atomic E-state index is 2.48. The molecular formula is C78H51N. The van der Waals surface area contributed by atoms with Crippen LogP contribution < -0.4 is 4.90 Å². The summed E-state index contributed by atoms with van der Waals surface area (Å²) in [5.74, 6) is 1.52. The molecule has 9 aliphatic rings. The van der Waals surface area contributed by atoms with Gasteiger partial charge in [-0.3, -0.25) is 0 Å². The van der Waals surface area contributed by atoms with Gasteiger partial charge in [-0.25, -0.2) is 0 Å². The lowest BCUT2D eigenvalue weighted by molar-refractivity contribution is 0.755. The quantitative estimate of drug-likeness (QED) is 0.160. The summed E-state index contributed by atoms with van der Waals surface area (Å²) < 4.78 is 0. The lowest BCUT2D eigenvalue weighted by Crippen LogP contribution is -2.27. The van der Waals surface area contributed by atoms with Gasteiger partial charge < -0.3 is 4.90 Å². The molecule has 0 aromatic heterocycles. The lowest BCUT2D eigenvalue weighted by atomic mass is 9.61. The molecule has 0 heterocycles. The van der Waals surface area contributed by atoms with Crippen molar-refractivity contribution in [3.05, 3.63) is 373 Å². The SMILES string of the molecule is c1ccc2c(c1)C1c3ccccc3C2c2cc(-c3ccc(N(c4ccc(-c5ccc6c(c5)C5c7ccccc7C6c6ccccc65)cc4)c4ccc(-c5ccc6c(c5)C5c7ccccc7C6c6ccccc65)cc4)cc3)ccc21. The summed E-state index contributed by atoms with van der Waals surface area (Å²) >= 11 is 0. The molecule has 368 valence electrons. The third-order valence-electron chi connectivity index (χ3n) is 19.2. The van der Waals surface area contributed by atoms with E-state index >= 15 is 0 Å². The van der Waals surface area contributed by atoms with Crippen LogP contribution in [0.5, 0.6) is 0 Å². The second-order valence-electron chi connectivity index (χ2n) is 22.9. The van der Waals surface area contributed by atoms with Gasteiger partial charge in [-0.05, 0) is 188 Å². The monoisotopic (exact) mass is 1000 g/mol. The molecule has 0 radical (unpaired) electrons. The van der Waals surface area contributed by atoms with Gasteiger partial charge in [-0.15, -0.1) is 0 Å². The molecule has 0 saturated carbocycles. The maximum Gasteiger partial charge on any atom is 0.0462 e. The van der Waals surface area contributed by atoms with Crippen molar-refractivity contribution in [3.8, 4) is 33.4 Å². The Labute approximate surface area is 461 Å². The highest BCUT2D eigenvalue weighted by atomic mass is 15.1. The van der Waals surface area contributed by atoms with Crippen molar-refractivity contribution in [2.75, 3.05) is 4.90 Å². The van der Waals surface area contributed by atoms with Gasteiger partial charge in [0.25, 0.3) is 0 Å². The zero-order chi connectivity index (χ0) is 51.4. The molecule has 0 fully saturated rings. The third-order valence-corrected chi connectivity index (χ3v) is 19.2. The second kappa shape index (κ2) is 16.5. The highest BCUT2D eigenvalue weighted by molar-refractivity contribution is 5.83. The van der Waals surface area contributed by atoms with E-state index in [1.165, 1.54) is 134 Å². The molecule has 12 aromatic carbocycles. The zero-order valence-corrected chi connectivity index (χ0v) is 43.4. The zero-order valence-electron chi connectivity index (χ0n) is 43.4. The van der Waals surface area contributed by atoms with Gasteiger partial charge in [0.15, 0.2) is 0 Å². The molecule has 1 heteroatoms. The van der Waals surface area contributed by atoms with Crippen LogP contribution in [-0.4, -0.2) is 0 Å². The summed E-state index contributed by atoms with van der Waals surface area (Å²) in [6.07, 6.45) is 0. The molecular weight excluding hydrogens is 951 g/mol. The average Bonchev–Trinajstić information content (AvgIpc) is 3.55. The first kappa shape index (κ1) is 43.5. The van der Waals surface area contributed by atoms with Gasteiger partial charge >= 0.3 is 0 Å². The molecule has 79 heavy (non-hydrogen) atoms. The summed E-state index contributed by atoms with van der Waals surface area (Å²) in [6.45, 7) is 0. The standard InChI is InChI=1S/C78H51N/c1-7-19-61-55(13-1)73-56-14-2-8-20-62(56)76(61)70-43-49(31-40-67(70)73)46-25-34-52(35-26-46)79(53-36-27-47(28-37-53)50-32-41-68-71(44-50)77-63-21-9-3-15-57(63)74(68)58-16-4-10-22-64(58)77)54-38-29-48(30-39-54)51-33-42-69-72(45-51)78-65-23-11-5-17-59(65)75(69)60-18-6-12-24-66(60)78/h1-45,73-78H. The predicted octanol–water partition coefficient (Wildman–Crippen LogP) is 19.1. The van der Waals surface area contributed by atoms with Crippen LogP contribution in [0.3, 0.4) is 0 Å². The number of benzene rings is 12. The first-order valence-electron chi connectivity index (χ1n) is 28.3. The first-order chi connectivity index (χ1) is 39.2. The molecule has 0 atom stereocenters. The Hall–Kier alpha value is -9.56. The van der Waals surface area contributed by atoms with E-state index in [0.717, 1.165) is 17.1 Å². The van der Waals surface area contributed by atoms with Crippen LogP contribution in [0.1, 0.15) is 136 Å². The molecule has 0 N–H and O–H groups in total. The van der Waals surface area contributed by atoms with Gasteiger partial charge in [-0.1, -0.05) is 218 Å². The van der Waals surface area contributed by atoms with E-state index in [9.17, 15) is 0 Å². The Morgan fingerprint density at radius 2 is 0.316 bits per heavy atom. The highest BCUT2D eigenvalue weighted by Gasteiger charge is 2.44. The van der Waals surface area contributed by atoms with Crippen LogP contribution >= 0.6 is 0 Å². The fourth-order valence-corrected chi connectivity index (χ4v) is 15.9. The average molecular weight is 1000 g/mol. The van der Waals surface area contributed by atoms with Gasteiger partial charge in [-0.2, -0.15) is 0 Å². The van der Waals surface area contributed by atoms with E-state index in [1.54, 1.807) is 0 Å². The van der Waals surface area contributed by atoms with E-state index in [4.69, 9.17) is 0 Å². The summed E-state index contributed by atoms with van der Waals surface area (Å²) in [6, 6.07) is 104. The minimum atomic E-state index is 0.239. The Morgan fingerprint density at radius 1 is 0.152 bits per heavy atom. The predicted molar refractivity (Wildman–Crippen MR) is 322 cm³/mol. The fraction of sp³-hybridized carbons (Fsp3) is 0.0769. The van der Waals surface area contributed by atoms with Crippen LogP contribution in [0.4, 0.5) is 17.1 Å². The Morgan fingerprint density at radius 3 is 0.519 bits per heavy atom. The molecule has 21 rings (SSSR count). The Balaban J connectivity index is 0.710. The van der Waals surface area contributed by atoms with Gasteiger partial charge in [0.05, 0.1) is 0 Å². The highest BCUT2D eigenvalue weighted by Crippen LogP contribution is 2.59. The largest absolute Gasteiger partial charge is 0.311 e. The van der Waals surface area contributed by atoms with Crippen molar-refractivity contribution in [2.45, 2.75) is 35.5 Å². The smallest absolute Gasteiger partial charge is 0.0462 e. The van der Waals surface area contributed by atoms with E-state index in [-0.39, 0.29) is 35.5 Å². The van der Waals surface area contributed by atoms with E-state index in [1.807, 2.05) is 0 Å². The Kier molecular flexibility index (Phi) is 9.08. The normalized spacial score (nSPS) is 19.1. The molecule has 9 aliphatic carbocycles. The minimum absolute atomic E-state index is 0.239. The number of rotatable bonds is 6. The van der Waals surface area contributed by atoms with Gasteiger partial charge in [0.2, 0.25) is 0 Å². The molecule has 1 nitrogen and oxygen atoms in total. The van der Waals surface area contributed by atoms with E-state index in [0.29, 0.717) is 0 Å². The second-order valence-corrected chi connectivity index (χ2v) is 22.9. The van der Waals surface area contributed by atoms with E-state index < -0.39 is 0 Å². The van der Waals surface area contributed by atoms with Crippen molar-refractivity contribution in [3.63, 3.8) is 0 Å². The van der Waals surface area contributed by atoms with E-state index in [2.05, 4.69) is 278 Å². The van der Waals surface area contributed by atoms with Crippen molar-refractivity contribution >= 4 is 17.1 Å². The molecule has 0 aliphatic heterocycles. The Bertz CT molecular complexity index is 3920. The molecule has 12 aromatic rings. The van der Waals surface area contributed by atoms with Gasteiger partial charge in [0.1, 0.15) is 0 Å². The van der Waals surface area contributed by atoms with Crippen molar-refractivity contribution in [2.24, 2.45) is 0 Å². The summed E-state index contributed by atoms with van der Waals surface area (Å²) in [5, 5.41) is 0. The summed E-state index contributed by atoms with van der Waals surface area (Å²) in [7, 11) is 0. The number of nitrogens with zero attached hydrogens (tertiary/aromatic N) is 1. The number of hydrogen-bond acceptors (Lipinski definition) is 1. The lowest BCUT2D eigenvalue weighted by Gasteiger charge is -2.42. The number of hydrogen-bond donors (Lipinski definition) is 0. The molecule has 6 bridgehead atoms. The van der Waals surface area contributed by atoms with Crippen LogP contribution in [0.2, 0.25) is 0 Å². The minimum Gasteiger partial charge on any atom is -0.311 e.